The number of aliphatic carboxylic acids is 1. The van der Waals surface area contributed by atoms with E-state index in [1.807, 2.05) is 24.8 Å². The average Bonchev–Trinajstić information content (AvgIpc) is 2.40. The normalized spacial score (nSPS) is 15.2. The summed E-state index contributed by atoms with van der Waals surface area (Å²) >= 11 is 0. The highest BCUT2D eigenvalue weighted by Gasteiger charge is 2.30. The first-order valence-electron chi connectivity index (χ1n) is 5.81. The van der Waals surface area contributed by atoms with Crippen molar-refractivity contribution in [3.05, 3.63) is 35.3 Å². The summed E-state index contributed by atoms with van der Waals surface area (Å²) in [6.07, 6.45) is 1.31. The van der Waals surface area contributed by atoms with E-state index in [1.165, 1.54) is 11.1 Å². The van der Waals surface area contributed by atoms with Gasteiger partial charge >= 0.3 is 5.97 Å². The van der Waals surface area contributed by atoms with Crippen molar-refractivity contribution in [3.63, 3.8) is 0 Å². The number of hydrogen-bond acceptors (Lipinski definition) is 6. The maximum absolute atomic E-state index is 11.4. The summed E-state index contributed by atoms with van der Waals surface area (Å²) in [6.45, 7) is 8.75. The standard InChI is InChI=1S/C12H17N5O2/c1-4-16(5-2)11-10(12(18)19)6-9(7-13)8(3)17(11)15-14/h6,15H,3-5,14H2,1-2H3,(H,18,19). The number of carboxylic acid groups (broad SMARTS) is 1. The van der Waals surface area contributed by atoms with Gasteiger partial charge in [0.05, 0.1) is 11.3 Å². The second-order valence-electron chi connectivity index (χ2n) is 3.80. The van der Waals surface area contributed by atoms with Gasteiger partial charge in [0.1, 0.15) is 17.5 Å². The highest BCUT2D eigenvalue weighted by atomic mass is 16.4. The van der Waals surface area contributed by atoms with Crippen molar-refractivity contribution >= 4 is 5.97 Å². The Morgan fingerprint density at radius 1 is 1.63 bits per heavy atom. The predicted octanol–water partition coefficient (Wildman–Crippen LogP) is 0.282. The molecule has 0 amide bonds. The molecule has 0 spiro atoms. The van der Waals surface area contributed by atoms with Gasteiger partial charge in [0.25, 0.3) is 0 Å². The number of hydrogen-bond donors (Lipinski definition) is 3. The quantitative estimate of drug-likeness (QED) is 0.483. The molecule has 0 atom stereocenters. The molecule has 0 radical (unpaired) electrons. The maximum atomic E-state index is 11.4. The minimum absolute atomic E-state index is 0.00519. The van der Waals surface area contributed by atoms with Gasteiger partial charge in [0, 0.05) is 13.1 Å². The van der Waals surface area contributed by atoms with Crippen LogP contribution in [-0.4, -0.2) is 34.1 Å². The molecule has 0 unspecified atom stereocenters. The first kappa shape index (κ1) is 14.8. The van der Waals surface area contributed by atoms with Gasteiger partial charge < -0.3 is 10.0 Å². The van der Waals surface area contributed by atoms with E-state index in [0.29, 0.717) is 24.6 Å². The van der Waals surface area contributed by atoms with Gasteiger partial charge in [-0.3, -0.25) is 5.84 Å². The van der Waals surface area contributed by atoms with Crippen LogP contribution in [0.15, 0.2) is 35.3 Å². The van der Waals surface area contributed by atoms with E-state index in [-0.39, 0.29) is 11.1 Å². The number of carboxylic acids is 1. The number of hydrazine groups is 2. The molecule has 0 aromatic heterocycles. The Labute approximate surface area is 111 Å². The Bertz CT molecular complexity index is 497. The molecule has 1 aliphatic heterocycles. The van der Waals surface area contributed by atoms with Crippen molar-refractivity contribution in [2.75, 3.05) is 13.1 Å². The van der Waals surface area contributed by atoms with Crippen LogP contribution in [0.25, 0.3) is 0 Å². The summed E-state index contributed by atoms with van der Waals surface area (Å²) in [4.78, 5) is 13.2. The van der Waals surface area contributed by atoms with E-state index in [1.54, 1.807) is 0 Å². The second-order valence-corrected chi connectivity index (χ2v) is 3.80. The number of nitrogens with one attached hydrogen (secondary N) is 1. The molecule has 1 rings (SSSR count). The lowest BCUT2D eigenvalue weighted by molar-refractivity contribution is -0.132. The van der Waals surface area contributed by atoms with Crippen LogP contribution in [0.4, 0.5) is 0 Å². The summed E-state index contributed by atoms with van der Waals surface area (Å²) in [5.74, 6) is 4.69. The smallest absolute Gasteiger partial charge is 0.339 e. The molecule has 7 nitrogen and oxygen atoms in total. The second kappa shape index (κ2) is 6.04. The van der Waals surface area contributed by atoms with Gasteiger partial charge in [-0.25, -0.2) is 9.80 Å². The van der Waals surface area contributed by atoms with Crippen LogP contribution in [0, 0.1) is 11.3 Å². The maximum Gasteiger partial charge on any atom is 0.339 e. The van der Waals surface area contributed by atoms with Crippen molar-refractivity contribution < 1.29 is 9.90 Å². The van der Waals surface area contributed by atoms with Crippen LogP contribution in [0.2, 0.25) is 0 Å². The van der Waals surface area contributed by atoms with Crippen LogP contribution in [0.5, 0.6) is 0 Å². The molecule has 1 heterocycles. The molecule has 1 aliphatic rings. The largest absolute Gasteiger partial charge is 0.478 e. The molecule has 0 bridgehead atoms. The number of nitrogens with two attached hydrogens (primary N) is 1. The molecule has 0 aromatic rings. The minimum Gasteiger partial charge on any atom is -0.478 e. The third-order valence-electron chi connectivity index (χ3n) is 2.87. The topological polar surface area (TPSA) is 106 Å². The van der Waals surface area contributed by atoms with Crippen LogP contribution < -0.4 is 11.4 Å². The average molecular weight is 263 g/mol. The molecule has 0 fully saturated rings. The molecular weight excluding hydrogens is 246 g/mol. The molecule has 7 heteroatoms. The van der Waals surface area contributed by atoms with Crippen LogP contribution >= 0.6 is 0 Å². The number of nitrogens with zero attached hydrogens (tertiary/aromatic N) is 3. The third kappa shape index (κ3) is 2.59. The first-order chi connectivity index (χ1) is 9.01. The third-order valence-corrected chi connectivity index (χ3v) is 2.87. The first-order valence-corrected chi connectivity index (χ1v) is 5.81. The van der Waals surface area contributed by atoms with Crippen molar-refractivity contribution in [3.8, 4) is 6.07 Å². The fraction of sp³-hybridized carbons (Fsp3) is 0.333. The zero-order valence-corrected chi connectivity index (χ0v) is 11.0. The molecule has 0 saturated carbocycles. The van der Waals surface area contributed by atoms with E-state index in [9.17, 15) is 9.90 Å². The minimum atomic E-state index is -1.12. The van der Waals surface area contributed by atoms with E-state index >= 15 is 0 Å². The summed E-state index contributed by atoms with van der Waals surface area (Å²) in [6, 6.07) is 1.91. The van der Waals surface area contributed by atoms with E-state index in [0.717, 1.165) is 0 Å². The Hall–Kier alpha value is -2.30. The fourth-order valence-electron chi connectivity index (χ4n) is 1.89. The van der Waals surface area contributed by atoms with Gasteiger partial charge in [0.2, 0.25) is 0 Å². The monoisotopic (exact) mass is 263 g/mol. The molecule has 4 N–H and O–H groups in total. The van der Waals surface area contributed by atoms with Crippen molar-refractivity contribution in [2.24, 2.45) is 5.84 Å². The van der Waals surface area contributed by atoms with Crippen molar-refractivity contribution in [1.82, 2.24) is 15.4 Å². The van der Waals surface area contributed by atoms with Gasteiger partial charge in [-0.1, -0.05) is 6.58 Å². The summed E-state index contributed by atoms with van der Waals surface area (Å²) in [5.41, 5.74) is 2.86. The molecule has 19 heavy (non-hydrogen) atoms. The molecular formula is C12H17N5O2. The highest BCUT2D eigenvalue weighted by Crippen LogP contribution is 2.28. The lowest BCUT2D eigenvalue weighted by Gasteiger charge is -2.37. The number of allylic oxidation sites excluding steroid dienone is 1. The molecule has 102 valence electrons. The van der Waals surface area contributed by atoms with Crippen LogP contribution in [-0.2, 0) is 4.79 Å². The SMILES string of the molecule is C=C1C(C#N)=CC(C(=O)O)=C(N(CC)CC)N1NN. The molecule has 0 aromatic carbocycles. The Morgan fingerprint density at radius 3 is 2.58 bits per heavy atom. The Morgan fingerprint density at radius 2 is 2.21 bits per heavy atom. The van der Waals surface area contributed by atoms with E-state index in [2.05, 4.69) is 12.1 Å². The fourth-order valence-corrected chi connectivity index (χ4v) is 1.89. The summed E-state index contributed by atoms with van der Waals surface area (Å²) < 4.78 is 0. The Kier molecular flexibility index (Phi) is 4.69. The lowest BCUT2D eigenvalue weighted by Crippen LogP contribution is -2.49. The van der Waals surface area contributed by atoms with Gasteiger partial charge in [-0.05, 0) is 19.9 Å². The van der Waals surface area contributed by atoms with Gasteiger partial charge in [0.15, 0.2) is 0 Å². The lowest BCUT2D eigenvalue weighted by atomic mass is 10.0. The van der Waals surface area contributed by atoms with E-state index in [4.69, 9.17) is 11.1 Å². The molecule has 0 aliphatic carbocycles. The molecule has 0 saturated heterocycles. The van der Waals surface area contributed by atoms with E-state index < -0.39 is 5.97 Å². The van der Waals surface area contributed by atoms with Crippen LogP contribution in [0.1, 0.15) is 13.8 Å². The summed E-state index contributed by atoms with van der Waals surface area (Å²) in [5, 5.41) is 19.6. The van der Waals surface area contributed by atoms with Crippen molar-refractivity contribution in [2.45, 2.75) is 13.8 Å². The number of nitriles is 1. The van der Waals surface area contributed by atoms with Gasteiger partial charge in [-0.2, -0.15) is 10.8 Å². The number of carbonyl (C=O) groups is 1. The predicted molar refractivity (Wildman–Crippen MR) is 69.6 cm³/mol. The number of rotatable bonds is 5. The van der Waals surface area contributed by atoms with Crippen LogP contribution in [0.3, 0.4) is 0 Å². The van der Waals surface area contributed by atoms with Gasteiger partial charge in [-0.15, -0.1) is 0 Å². The highest BCUT2D eigenvalue weighted by molar-refractivity contribution is 5.92. The Balaban J connectivity index is 3.50. The zero-order chi connectivity index (χ0) is 14.6. The summed E-state index contributed by atoms with van der Waals surface area (Å²) in [7, 11) is 0. The zero-order valence-electron chi connectivity index (χ0n) is 11.0. The van der Waals surface area contributed by atoms with Crippen molar-refractivity contribution in [1.29, 1.82) is 5.26 Å².